The average molecular weight is 356 g/mol. The van der Waals surface area contributed by atoms with Gasteiger partial charge in [-0.15, -0.1) is 0 Å². The van der Waals surface area contributed by atoms with E-state index in [-0.39, 0.29) is 9.67 Å². The van der Waals surface area contributed by atoms with E-state index in [0.29, 0.717) is 0 Å². The summed E-state index contributed by atoms with van der Waals surface area (Å²) < 4.78 is 44.2. The number of carbonyl (C=O) groups is 1. The second kappa shape index (κ2) is 4.83. The standard InChI is InChI=1S/C11H8F3IO2/c12-8-6(4-7(15)9(13)10(8)14)11(16)17-5-2-1-3-5/h4-5H,1-3H2. The van der Waals surface area contributed by atoms with Gasteiger partial charge in [-0.2, -0.15) is 0 Å². The van der Waals surface area contributed by atoms with Crippen LogP contribution in [0.3, 0.4) is 0 Å². The SMILES string of the molecule is O=C(OC1CCC1)c1cc(I)c(F)c(F)c1F. The summed E-state index contributed by atoms with van der Waals surface area (Å²) in [5, 5.41) is 0. The van der Waals surface area contributed by atoms with Crippen molar-refractivity contribution >= 4 is 28.6 Å². The number of carbonyl (C=O) groups excluding carboxylic acids is 1. The maximum atomic E-state index is 13.3. The van der Waals surface area contributed by atoms with Gasteiger partial charge in [-0.1, -0.05) is 0 Å². The molecule has 0 unspecified atom stereocenters. The second-order valence-corrected chi connectivity index (χ2v) is 4.97. The van der Waals surface area contributed by atoms with Gasteiger partial charge >= 0.3 is 5.97 Å². The topological polar surface area (TPSA) is 26.3 Å². The first-order valence-electron chi connectivity index (χ1n) is 5.04. The van der Waals surface area contributed by atoms with Crippen LogP contribution < -0.4 is 0 Å². The molecule has 0 bridgehead atoms. The van der Waals surface area contributed by atoms with E-state index in [0.717, 1.165) is 25.3 Å². The van der Waals surface area contributed by atoms with E-state index < -0.39 is 29.0 Å². The lowest BCUT2D eigenvalue weighted by Gasteiger charge is -2.25. The Bertz CT molecular complexity index is 472. The van der Waals surface area contributed by atoms with Crippen molar-refractivity contribution in [3.63, 3.8) is 0 Å². The number of benzene rings is 1. The van der Waals surface area contributed by atoms with Crippen LogP contribution in [0.2, 0.25) is 0 Å². The summed E-state index contributed by atoms with van der Waals surface area (Å²) in [5.41, 5.74) is -0.555. The van der Waals surface area contributed by atoms with E-state index in [2.05, 4.69) is 0 Å². The predicted molar refractivity (Wildman–Crippen MR) is 62.1 cm³/mol. The minimum Gasteiger partial charge on any atom is -0.459 e. The van der Waals surface area contributed by atoms with E-state index in [1.807, 2.05) is 0 Å². The van der Waals surface area contributed by atoms with Crippen LogP contribution in [-0.4, -0.2) is 12.1 Å². The van der Waals surface area contributed by atoms with E-state index in [4.69, 9.17) is 4.74 Å². The third-order valence-corrected chi connectivity index (χ3v) is 3.43. The summed E-state index contributed by atoms with van der Waals surface area (Å²) in [6, 6.07) is 0.954. The Labute approximate surface area is 109 Å². The molecule has 0 N–H and O–H groups in total. The fraction of sp³-hybridized carbons (Fsp3) is 0.364. The van der Waals surface area contributed by atoms with Gasteiger partial charge in [0.1, 0.15) is 6.10 Å². The van der Waals surface area contributed by atoms with Crippen LogP contribution in [0.25, 0.3) is 0 Å². The van der Waals surface area contributed by atoms with Crippen molar-refractivity contribution in [3.8, 4) is 0 Å². The molecule has 2 nitrogen and oxygen atoms in total. The van der Waals surface area contributed by atoms with Gasteiger partial charge in [0.15, 0.2) is 17.5 Å². The zero-order chi connectivity index (χ0) is 12.6. The Balaban J connectivity index is 2.28. The van der Waals surface area contributed by atoms with Gasteiger partial charge in [-0.05, 0) is 47.9 Å². The fourth-order valence-electron chi connectivity index (χ4n) is 1.42. The molecule has 1 aliphatic carbocycles. The third kappa shape index (κ3) is 2.41. The zero-order valence-corrected chi connectivity index (χ0v) is 10.8. The van der Waals surface area contributed by atoms with Crippen molar-refractivity contribution < 1.29 is 22.7 Å². The highest BCUT2D eigenvalue weighted by atomic mass is 127. The summed E-state index contributed by atoms with van der Waals surface area (Å²) in [4.78, 5) is 11.5. The second-order valence-electron chi connectivity index (χ2n) is 3.81. The van der Waals surface area contributed by atoms with E-state index in [1.165, 1.54) is 22.6 Å². The lowest BCUT2D eigenvalue weighted by atomic mass is 9.96. The summed E-state index contributed by atoms with van der Waals surface area (Å²) in [7, 11) is 0. The maximum absolute atomic E-state index is 13.3. The van der Waals surface area contributed by atoms with Gasteiger partial charge in [0.25, 0.3) is 0 Å². The Morgan fingerprint density at radius 2 is 1.88 bits per heavy atom. The highest BCUT2D eigenvalue weighted by Crippen LogP contribution is 2.26. The monoisotopic (exact) mass is 356 g/mol. The minimum atomic E-state index is -1.64. The Kier molecular flexibility index (Phi) is 3.60. The molecule has 2 rings (SSSR count). The lowest BCUT2D eigenvalue weighted by Crippen LogP contribution is -2.25. The van der Waals surface area contributed by atoms with Crippen molar-refractivity contribution in [2.24, 2.45) is 0 Å². The molecule has 92 valence electrons. The molecule has 6 heteroatoms. The van der Waals surface area contributed by atoms with Crippen molar-refractivity contribution in [3.05, 3.63) is 32.7 Å². The Hall–Kier alpha value is -0.790. The number of hydrogen-bond acceptors (Lipinski definition) is 2. The quantitative estimate of drug-likeness (QED) is 0.351. The summed E-state index contributed by atoms with van der Waals surface area (Å²) in [6.07, 6.45) is 2.19. The molecule has 0 aromatic heterocycles. The third-order valence-electron chi connectivity index (χ3n) is 2.65. The van der Waals surface area contributed by atoms with Crippen LogP contribution in [-0.2, 0) is 4.74 Å². The van der Waals surface area contributed by atoms with Crippen LogP contribution in [0.15, 0.2) is 6.07 Å². The van der Waals surface area contributed by atoms with E-state index >= 15 is 0 Å². The number of rotatable bonds is 2. The normalized spacial score (nSPS) is 15.5. The number of halogens is 4. The Morgan fingerprint density at radius 3 is 2.41 bits per heavy atom. The molecule has 1 aliphatic rings. The minimum absolute atomic E-state index is 0.151. The maximum Gasteiger partial charge on any atom is 0.341 e. The van der Waals surface area contributed by atoms with Crippen LogP contribution in [0, 0.1) is 21.0 Å². The van der Waals surface area contributed by atoms with Crippen molar-refractivity contribution in [1.82, 2.24) is 0 Å². The van der Waals surface area contributed by atoms with Gasteiger partial charge in [-0.3, -0.25) is 0 Å². The summed E-state index contributed by atoms with van der Waals surface area (Å²) in [5.74, 6) is -5.36. The molecule has 0 radical (unpaired) electrons. The van der Waals surface area contributed by atoms with Gasteiger partial charge < -0.3 is 4.74 Å². The number of ether oxygens (including phenoxy) is 1. The van der Waals surface area contributed by atoms with Gasteiger partial charge in [0.2, 0.25) is 0 Å². The molecule has 0 saturated heterocycles. The van der Waals surface area contributed by atoms with Gasteiger partial charge in [0.05, 0.1) is 9.13 Å². The van der Waals surface area contributed by atoms with Crippen LogP contribution >= 0.6 is 22.6 Å². The predicted octanol–water partition coefficient (Wildman–Crippen LogP) is 3.42. The molecule has 17 heavy (non-hydrogen) atoms. The number of esters is 1. The first-order valence-corrected chi connectivity index (χ1v) is 6.12. The molecule has 1 aromatic carbocycles. The van der Waals surface area contributed by atoms with E-state index in [1.54, 1.807) is 0 Å². The molecule has 1 saturated carbocycles. The molecule has 1 aromatic rings. The Morgan fingerprint density at radius 1 is 1.24 bits per heavy atom. The summed E-state index contributed by atoms with van der Waals surface area (Å²) >= 11 is 1.49. The molecular weight excluding hydrogens is 348 g/mol. The van der Waals surface area contributed by atoms with Gasteiger partial charge in [0, 0.05) is 0 Å². The van der Waals surface area contributed by atoms with Crippen molar-refractivity contribution in [2.45, 2.75) is 25.4 Å². The van der Waals surface area contributed by atoms with E-state index in [9.17, 15) is 18.0 Å². The average Bonchev–Trinajstić information content (AvgIpc) is 2.25. The van der Waals surface area contributed by atoms with Crippen LogP contribution in [0.5, 0.6) is 0 Å². The molecule has 0 spiro atoms. The molecular formula is C11H8F3IO2. The molecule has 0 atom stereocenters. The van der Waals surface area contributed by atoms with Crippen LogP contribution in [0.1, 0.15) is 29.6 Å². The fourth-order valence-corrected chi connectivity index (χ4v) is 1.97. The molecule has 0 heterocycles. The molecule has 0 amide bonds. The van der Waals surface area contributed by atoms with Crippen LogP contribution in [0.4, 0.5) is 13.2 Å². The highest BCUT2D eigenvalue weighted by Gasteiger charge is 2.27. The lowest BCUT2D eigenvalue weighted by molar-refractivity contribution is 0.00840. The number of hydrogen-bond donors (Lipinski definition) is 0. The highest BCUT2D eigenvalue weighted by molar-refractivity contribution is 14.1. The summed E-state index contributed by atoms with van der Waals surface area (Å²) in [6.45, 7) is 0. The first kappa shape index (κ1) is 12.7. The molecule has 1 fully saturated rings. The van der Waals surface area contributed by atoms with Crippen molar-refractivity contribution in [2.75, 3.05) is 0 Å². The first-order chi connectivity index (χ1) is 8.00. The van der Waals surface area contributed by atoms with Gasteiger partial charge in [-0.25, -0.2) is 18.0 Å². The van der Waals surface area contributed by atoms with Crippen molar-refractivity contribution in [1.29, 1.82) is 0 Å². The smallest absolute Gasteiger partial charge is 0.341 e. The zero-order valence-electron chi connectivity index (χ0n) is 8.60. The largest absolute Gasteiger partial charge is 0.459 e. The molecule has 0 aliphatic heterocycles.